The Kier molecular flexibility index (Phi) is 4.07. The summed E-state index contributed by atoms with van der Waals surface area (Å²) in [5, 5.41) is 0.922. The van der Waals surface area contributed by atoms with Gasteiger partial charge in [-0.2, -0.15) is 0 Å². The van der Waals surface area contributed by atoms with Crippen molar-refractivity contribution >= 4 is 37.9 Å². The van der Waals surface area contributed by atoms with Crippen molar-refractivity contribution in [3.63, 3.8) is 0 Å². The Hall–Kier alpha value is -2.98. The van der Waals surface area contributed by atoms with Gasteiger partial charge in [-0.15, -0.1) is 0 Å². The van der Waals surface area contributed by atoms with Crippen molar-refractivity contribution in [2.75, 3.05) is 30.9 Å². The lowest BCUT2D eigenvalue weighted by molar-refractivity contribution is 0.0991. The average Bonchev–Trinajstić information content (AvgIpc) is 3.34. The van der Waals surface area contributed by atoms with Crippen LogP contribution < -0.4 is 4.90 Å². The molecule has 1 fully saturated rings. The van der Waals surface area contributed by atoms with Crippen molar-refractivity contribution in [2.45, 2.75) is 13.0 Å². The smallest absolute Gasteiger partial charge is 0.238 e. The van der Waals surface area contributed by atoms with Crippen LogP contribution in [0.25, 0.3) is 33.5 Å². The maximum Gasteiger partial charge on any atom is 0.238 e. The second kappa shape index (κ2) is 6.53. The van der Waals surface area contributed by atoms with Gasteiger partial charge in [0.05, 0.1) is 30.9 Å². The molecule has 0 amide bonds. The number of nitrogens with one attached hydrogen (secondary N) is 1. The molecule has 4 aromatic heterocycles. The molecule has 1 aliphatic heterocycles. The molecule has 0 radical (unpaired) electrons. The van der Waals surface area contributed by atoms with E-state index in [1.807, 2.05) is 24.4 Å². The standard InChI is InChI=1S/C19H20N6O3S/c1-12-10-28-8-7-24(12)16-9-15(13-3-5-20-18-14(13)4-6-21-18)23-19-17(16)22-11-25(19)29(2,26)27/h3-6,9,11-12H,7-8,10H2,1-2H3,(H,20,21)/t12-/m1/s1. The van der Waals surface area contributed by atoms with Gasteiger partial charge in [0.25, 0.3) is 0 Å². The summed E-state index contributed by atoms with van der Waals surface area (Å²) < 4.78 is 31.3. The number of aromatic amines is 1. The third-order valence-electron chi connectivity index (χ3n) is 5.23. The highest BCUT2D eigenvalue weighted by molar-refractivity contribution is 7.89. The van der Waals surface area contributed by atoms with Crippen LogP contribution in [0.15, 0.2) is 36.9 Å². The summed E-state index contributed by atoms with van der Waals surface area (Å²) in [6, 6.07) is 5.94. The molecule has 1 N–H and O–H groups in total. The quantitative estimate of drug-likeness (QED) is 0.549. The Morgan fingerprint density at radius 2 is 2.14 bits per heavy atom. The van der Waals surface area contributed by atoms with Gasteiger partial charge in [-0.1, -0.05) is 0 Å². The summed E-state index contributed by atoms with van der Waals surface area (Å²) in [4.78, 5) is 18.7. The lowest BCUT2D eigenvalue weighted by atomic mass is 10.1. The van der Waals surface area contributed by atoms with Crippen LogP contribution >= 0.6 is 0 Å². The van der Waals surface area contributed by atoms with E-state index in [4.69, 9.17) is 9.72 Å². The zero-order chi connectivity index (χ0) is 20.2. The molecule has 1 saturated heterocycles. The first-order valence-electron chi connectivity index (χ1n) is 9.29. The first-order chi connectivity index (χ1) is 13.9. The van der Waals surface area contributed by atoms with E-state index in [9.17, 15) is 8.42 Å². The van der Waals surface area contributed by atoms with Gasteiger partial charge in [0.2, 0.25) is 10.0 Å². The average molecular weight is 412 g/mol. The molecule has 10 heteroatoms. The number of imidazole rings is 1. The van der Waals surface area contributed by atoms with Gasteiger partial charge in [-0.05, 0) is 25.1 Å². The molecular weight excluding hydrogens is 392 g/mol. The summed E-state index contributed by atoms with van der Waals surface area (Å²) in [5.41, 5.74) is 4.03. The van der Waals surface area contributed by atoms with Crippen LogP contribution in [0.3, 0.4) is 0 Å². The predicted molar refractivity (Wildman–Crippen MR) is 110 cm³/mol. The number of nitrogens with zero attached hydrogens (tertiary/aromatic N) is 5. The van der Waals surface area contributed by atoms with Crippen LogP contribution in [0.5, 0.6) is 0 Å². The monoisotopic (exact) mass is 412 g/mol. The number of hydrogen-bond donors (Lipinski definition) is 1. The third kappa shape index (κ3) is 2.95. The molecule has 0 saturated carbocycles. The van der Waals surface area contributed by atoms with Crippen LogP contribution in [0.4, 0.5) is 5.69 Å². The Balaban J connectivity index is 1.82. The number of morpholine rings is 1. The van der Waals surface area contributed by atoms with Gasteiger partial charge >= 0.3 is 0 Å². The van der Waals surface area contributed by atoms with Crippen molar-refractivity contribution < 1.29 is 13.2 Å². The van der Waals surface area contributed by atoms with Crippen molar-refractivity contribution in [3.05, 3.63) is 36.9 Å². The predicted octanol–water partition coefficient (Wildman–Crippen LogP) is 2.01. The van der Waals surface area contributed by atoms with Gasteiger partial charge < -0.3 is 14.6 Å². The Morgan fingerprint density at radius 3 is 2.93 bits per heavy atom. The number of ether oxygens (including phenoxy) is 1. The van der Waals surface area contributed by atoms with Crippen LogP contribution in [-0.2, 0) is 14.8 Å². The number of aromatic nitrogens is 5. The highest BCUT2D eigenvalue weighted by Gasteiger charge is 2.25. The highest BCUT2D eigenvalue weighted by Crippen LogP contribution is 2.34. The SMILES string of the molecule is C[C@@H]1COCCN1c1cc(-c2ccnc3[nH]ccc23)nc2c1ncn2S(C)(=O)=O. The van der Waals surface area contributed by atoms with Gasteiger partial charge in [0, 0.05) is 35.9 Å². The fourth-order valence-electron chi connectivity index (χ4n) is 3.82. The lowest BCUT2D eigenvalue weighted by Gasteiger charge is -2.35. The first-order valence-corrected chi connectivity index (χ1v) is 11.1. The minimum atomic E-state index is -3.55. The molecule has 1 aliphatic rings. The molecule has 0 aliphatic carbocycles. The van der Waals surface area contributed by atoms with E-state index in [2.05, 4.69) is 26.8 Å². The summed E-state index contributed by atoms with van der Waals surface area (Å²) in [6.45, 7) is 3.98. The van der Waals surface area contributed by atoms with Crippen LogP contribution in [0.1, 0.15) is 6.92 Å². The fraction of sp³-hybridized carbons (Fsp3) is 0.316. The Labute approximate surface area is 167 Å². The summed E-state index contributed by atoms with van der Waals surface area (Å²) in [6.07, 6.45) is 6.01. The van der Waals surface area contributed by atoms with E-state index in [1.54, 1.807) is 6.20 Å². The molecular formula is C19H20N6O3S. The van der Waals surface area contributed by atoms with Gasteiger partial charge in [-0.25, -0.2) is 27.3 Å². The second-order valence-electron chi connectivity index (χ2n) is 7.22. The third-order valence-corrected chi connectivity index (χ3v) is 6.21. The Morgan fingerprint density at radius 1 is 1.28 bits per heavy atom. The van der Waals surface area contributed by atoms with Gasteiger partial charge in [0.1, 0.15) is 17.5 Å². The lowest BCUT2D eigenvalue weighted by Crippen LogP contribution is -2.43. The number of H-pyrrole nitrogens is 1. The summed E-state index contributed by atoms with van der Waals surface area (Å²) in [5.74, 6) is 0. The van der Waals surface area contributed by atoms with Crippen LogP contribution in [-0.4, -0.2) is 64.4 Å². The van der Waals surface area contributed by atoms with Crippen LogP contribution in [0.2, 0.25) is 0 Å². The van der Waals surface area contributed by atoms with Crippen LogP contribution in [0, 0.1) is 0 Å². The molecule has 150 valence electrons. The molecule has 0 bridgehead atoms. The largest absolute Gasteiger partial charge is 0.377 e. The highest BCUT2D eigenvalue weighted by atomic mass is 32.2. The molecule has 0 unspecified atom stereocenters. The number of hydrogen-bond acceptors (Lipinski definition) is 7. The second-order valence-corrected chi connectivity index (χ2v) is 9.08. The maximum atomic E-state index is 12.3. The summed E-state index contributed by atoms with van der Waals surface area (Å²) in [7, 11) is -3.55. The van der Waals surface area contributed by atoms with E-state index in [1.165, 1.54) is 6.33 Å². The van der Waals surface area contributed by atoms with Crippen molar-refractivity contribution in [1.29, 1.82) is 0 Å². The zero-order valence-corrected chi connectivity index (χ0v) is 16.8. The van der Waals surface area contributed by atoms with Crippen molar-refractivity contribution in [3.8, 4) is 11.3 Å². The van der Waals surface area contributed by atoms with E-state index in [-0.39, 0.29) is 6.04 Å². The topological polar surface area (TPSA) is 106 Å². The van der Waals surface area contributed by atoms with Crippen molar-refractivity contribution in [1.82, 2.24) is 23.9 Å². The number of pyridine rings is 2. The molecule has 5 heterocycles. The molecule has 0 spiro atoms. The number of rotatable bonds is 3. The van der Waals surface area contributed by atoms with Gasteiger partial charge in [0.15, 0.2) is 5.65 Å². The first kappa shape index (κ1) is 18.1. The van der Waals surface area contributed by atoms with E-state index in [0.717, 1.165) is 32.5 Å². The minimum absolute atomic E-state index is 0.135. The molecule has 4 aromatic rings. The fourth-order valence-corrected chi connectivity index (χ4v) is 4.48. The van der Waals surface area contributed by atoms with E-state index >= 15 is 0 Å². The molecule has 0 aromatic carbocycles. The Bertz CT molecular complexity index is 1330. The van der Waals surface area contributed by atoms with Gasteiger partial charge in [-0.3, -0.25) is 0 Å². The summed E-state index contributed by atoms with van der Waals surface area (Å²) >= 11 is 0. The molecule has 5 rings (SSSR count). The van der Waals surface area contributed by atoms with Crippen molar-refractivity contribution in [2.24, 2.45) is 0 Å². The number of fused-ring (bicyclic) bond motifs is 2. The van der Waals surface area contributed by atoms with E-state index in [0.29, 0.717) is 36.6 Å². The normalized spacial score (nSPS) is 18.0. The minimum Gasteiger partial charge on any atom is -0.377 e. The molecule has 9 nitrogen and oxygen atoms in total. The molecule has 29 heavy (non-hydrogen) atoms. The molecule has 1 atom stereocenters. The number of anilines is 1. The zero-order valence-electron chi connectivity index (χ0n) is 16.0. The van der Waals surface area contributed by atoms with E-state index < -0.39 is 10.0 Å². The maximum absolute atomic E-state index is 12.3.